The van der Waals surface area contributed by atoms with E-state index in [1.54, 1.807) is 0 Å². The molecule has 3 heteroatoms. The number of nitrogens with zero attached hydrogens (tertiary/aromatic N) is 1. The third kappa shape index (κ3) is 3.48. The van der Waals surface area contributed by atoms with Gasteiger partial charge in [0.25, 0.3) is 0 Å². The van der Waals surface area contributed by atoms with Crippen molar-refractivity contribution in [2.24, 2.45) is 17.6 Å². The van der Waals surface area contributed by atoms with E-state index in [9.17, 15) is 4.79 Å². The Bertz CT molecular complexity index is 240. The SMILES string of the molecule is CC(C)C[C@H](N)C(=O)N1CC(C)CCC1C. The summed E-state index contributed by atoms with van der Waals surface area (Å²) >= 11 is 0. The Morgan fingerprint density at radius 2 is 2.00 bits per heavy atom. The van der Waals surface area contributed by atoms with E-state index in [2.05, 4.69) is 27.7 Å². The van der Waals surface area contributed by atoms with Gasteiger partial charge in [0.2, 0.25) is 5.91 Å². The van der Waals surface area contributed by atoms with Gasteiger partial charge in [-0.2, -0.15) is 0 Å². The molecule has 94 valence electrons. The topological polar surface area (TPSA) is 46.3 Å². The summed E-state index contributed by atoms with van der Waals surface area (Å²) in [6, 6.07) is 0.0506. The highest BCUT2D eigenvalue weighted by Gasteiger charge is 2.30. The van der Waals surface area contributed by atoms with Crippen LogP contribution >= 0.6 is 0 Å². The Morgan fingerprint density at radius 3 is 2.56 bits per heavy atom. The van der Waals surface area contributed by atoms with Gasteiger partial charge in [-0.15, -0.1) is 0 Å². The molecule has 3 nitrogen and oxygen atoms in total. The van der Waals surface area contributed by atoms with Gasteiger partial charge < -0.3 is 10.6 Å². The van der Waals surface area contributed by atoms with Crippen molar-refractivity contribution in [2.45, 2.75) is 59.0 Å². The Kier molecular flexibility index (Phi) is 4.78. The van der Waals surface area contributed by atoms with Crippen molar-refractivity contribution in [2.75, 3.05) is 6.54 Å². The number of carbonyl (C=O) groups excluding carboxylic acids is 1. The fourth-order valence-corrected chi connectivity index (χ4v) is 2.42. The highest BCUT2D eigenvalue weighted by Crippen LogP contribution is 2.22. The Labute approximate surface area is 99.4 Å². The van der Waals surface area contributed by atoms with E-state index in [0.717, 1.165) is 19.4 Å². The molecule has 1 fully saturated rings. The molecule has 1 rings (SSSR count). The van der Waals surface area contributed by atoms with Crippen molar-refractivity contribution >= 4 is 5.91 Å². The van der Waals surface area contributed by atoms with Crippen LogP contribution in [0.3, 0.4) is 0 Å². The number of hydrogen-bond acceptors (Lipinski definition) is 2. The first-order valence-electron chi connectivity index (χ1n) is 6.47. The molecule has 0 bridgehead atoms. The first kappa shape index (κ1) is 13.5. The second-order valence-corrected chi connectivity index (χ2v) is 5.76. The van der Waals surface area contributed by atoms with Gasteiger partial charge in [0.1, 0.15) is 0 Å². The molecule has 2 unspecified atom stereocenters. The molecule has 0 aromatic carbocycles. The van der Waals surface area contributed by atoms with Crippen LogP contribution in [0.5, 0.6) is 0 Å². The van der Waals surface area contributed by atoms with E-state index in [0.29, 0.717) is 17.9 Å². The molecular weight excluding hydrogens is 200 g/mol. The maximum absolute atomic E-state index is 12.2. The summed E-state index contributed by atoms with van der Waals surface area (Å²) in [5, 5.41) is 0. The van der Waals surface area contributed by atoms with Gasteiger partial charge >= 0.3 is 0 Å². The summed E-state index contributed by atoms with van der Waals surface area (Å²) in [6.07, 6.45) is 3.13. The van der Waals surface area contributed by atoms with E-state index in [1.165, 1.54) is 6.42 Å². The third-order valence-corrected chi connectivity index (χ3v) is 3.44. The van der Waals surface area contributed by atoms with Crippen LogP contribution in [0.25, 0.3) is 0 Å². The van der Waals surface area contributed by atoms with E-state index in [-0.39, 0.29) is 11.9 Å². The number of carbonyl (C=O) groups is 1. The lowest BCUT2D eigenvalue weighted by atomic mass is 9.93. The average Bonchev–Trinajstić information content (AvgIpc) is 2.19. The Hall–Kier alpha value is -0.570. The van der Waals surface area contributed by atoms with Crippen LogP contribution in [0.4, 0.5) is 0 Å². The molecule has 1 aliphatic rings. The van der Waals surface area contributed by atoms with Gasteiger partial charge in [-0.05, 0) is 38.0 Å². The van der Waals surface area contributed by atoms with Gasteiger partial charge in [-0.25, -0.2) is 0 Å². The lowest BCUT2D eigenvalue weighted by molar-refractivity contribution is -0.137. The van der Waals surface area contributed by atoms with Crippen molar-refractivity contribution in [1.29, 1.82) is 0 Å². The molecule has 0 radical (unpaired) electrons. The molecule has 1 amide bonds. The van der Waals surface area contributed by atoms with Crippen LogP contribution in [0, 0.1) is 11.8 Å². The van der Waals surface area contributed by atoms with Crippen molar-refractivity contribution in [3.63, 3.8) is 0 Å². The molecule has 1 heterocycles. The predicted octanol–water partition coefficient (Wildman–Crippen LogP) is 2.01. The second-order valence-electron chi connectivity index (χ2n) is 5.76. The highest BCUT2D eigenvalue weighted by atomic mass is 16.2. The highest BCUT2D eigenvalue weighted by molar-refractivity contribution is 5.82. The number of amides is 1. The molecular formula is C13H26N2O. The summed E-state index contributed by atoms with van der Waals surface area (Å²) in [6.45, 7) is 9.43. The first-order chi connectivity index (χ1) is 7.41. The molecule has 0 aliphatic carbocycles. The van der Waals surface area contributed by atoms with Crippen molar-refractivity contribution in [3.8, 4) is 0 Å². The zero-order valence-electron chi connectivity index (χ0n) is 11.1. The molecule has 1 saturated heterocycles. The van der Waals surface area contributed by atoms with Gasteiger partial charge in [0.15, 0.2) is 0 Å². The average molecular weight is 226 g/mol. The Morgan fingerprint density at radius 1 is 1.38 bits per heavy atom. The molecule has 1 aliphatic heterocycles. The summed E-state index contributed by atoms with van der Waals surface area (Å²) in [5.41, 5.74) is 5.97. The minimum absolute atomic E-state index is 0.146. The summed E-state index contributed by atoms with van der Waals surface area (Å²) in [5.74, 6) is 1.25. The third-order valence-electron chi connectivity index (χ3n) is 3.44. The number of hydrogen-bond donors (Lipinski definition) is 1. The van der Waals surface area contributed by atoms with Crippen molar-refractivity contribution in [1.82, 2.24) is 4.90 Å². The lowest BCUT2D eigenvalue weighted by Gasteiger charge is -2.38. The van der Waals surface area contributed by atoms with Crippen LogP contribution in [-0.2, 0) is 4.79 Å². The smallest absolute Gasteiger partial charge is 0.239 e. The molecule has 0 aromatic heterocycles. The lowest BCUT2D eigenvalue weighted by Crippen LogP contribution is -2.51. The zero-order chi connectivity index (χ0) is 12.3. The molecule has 16 heavy (non-hydrogen) atoms. The molecule has 0 spiro atoms. The first-order valence-corrected chi connectivity index (χ1v) is 6.47. The van der Waals surface area contributed by atoms with E-state index >= 15 is 0 Å². The summed E-state index contributed by atoms with van der Waals surface area (Å²) in [4.78, 5) is 14.2. The van der Waals surface area contributed by atoms with Gasteiger partial charge in [0, 0.05) is 12.6 Å². The summed E-state index contributed by atoms with van der Waals surface area (Å²) in [7, 11) is 0. The second kappa shape index (κ2) is 5.67. The summed E-state index contributed by atoms with van der Waals surface area (Å²) < 4.78 is 0. The predicted molar refractivity (Wildman–Crippen MR) is 67.0 cm³/mol. The minimum atomic E-state index is -0.312. The zero-order valence-corrected chi connectivity index (χ0v) is 11.1. The van der Waals surface area contributed by atoms with Crippen LogP contribution in [-0.4, -0.2) is 29.4 Å². The fourth-order valence-electron chi connectivity index (χ4n) is 2.42. The van der Waals surface area contributed by atoms with E-state index in [4.69, 9.17) is 5.73 Å². The van der Waals surface area contributed by atoms with Crippen LogP contribution < -0.4 is 5.73 Å². The van der Waals surface area contributed by atoms with Crippen molar-refractivity contribution in [3.05, 3.63) is 0 Å². The monoisotopic (exact) mass is 226 g/mol. The fraction of sp³-hybridized carbons (Fsp3) is 0.923. The number of nitrogens with two attached hydrogens (primary N) is 1. The molecule has 0 aromatic rings. The Balaban J connectivity index is 2.57. The van der Waals surface area contributed by atoms with Gasteiger partial charge in [0.05, 0.1) is 6.04 Å². The van der Waals surface area contributed by atoms with Crippen LogP contribution in [0.1, 0.15) is 47.0 Å². The standard InChI is InChI=1S/C13H26N2O/c1-9(2)7-12(14)13(16)15-8-10(3)5-6-11(15)4/h9-12H,5-8,14H2,1-4H3/t10?,11?,12-/m0/s1. The maximum atomic E-state index is 12.2. The largest absolute Gasteiger partial charge is 0.338 e. The van der Waals surface area contributed by atoms with Gasteiger partial charge in [-0.3, -0.25) is 4.79 Å². The molecule has 0 saturated carbocycles. The van der Waals surface area contributed by atoms with Crippen molar-refractivity contribution < 1.29 is 4.79 Å². The quantitative estimate of drug-likeness (QED) is 0.800. The van der Waals surface area contributed by atoms with Crippen LogP contribution in [0.15, 0.2) is 0 Å². The number of piperidine rings is 1. The van der Waals surface area contributed by atoms with E-state index < -0.39 is 0 Å². The molecule has 2 N–H and O–H groups in total. The number of likely N-dealkylation sites (tertiary alicyclic amines) is 1. The van der Waals surface area contributed by atoms with E-state index in [1.807, 2.05) is 4.90 Å². The maximum Gasteiger partial charge on any atom is 0.239 e. The number of rotatable bonds is 3. The van der Waals surface area contributed by atoms with Gasteiger partial charge in [-0.1, -0.05) is 20.8 Å². The minimum Gasteiger partial charge on any atom is -0.338 e. The van der Waals surface area contributed by atoms with Crippen LogP contribution in [0.2, 0.25) is 0 Å². The normalized spacial score (nSPS) is 28.2. The molecule has 3 atom stereocenters.